The van der Waals surface area contributed by atoms with Crippen molar-refractivity contribution in [2.75, 3.05) is 0 Å². The van der Waals surface area contributed by atoms with Crippen LogP contribution in [0.5, 0.6) is 5.75 Å². The number of rotatable bonds is 6. The lowest BCUT2D eigenvalue weighted by Crippen LogP contribution is -2.32. The van der Waals surface area contributed by atoms with E-state index in [1.165, 1.54) is 12.1 Å². The van der Waals surface area contributed by atoms with E-state index in [1.807, 2.05) is 6.92 Å². The molecule has 0 radical (unpaired) electrons. The van der Waals surface area contributed by atoms with Gasteiger partial charge in [0.2, 0.25) is 0 Å². The van der Waals surface area contributed by atoms with Gasteiger partial charge in [0.15, 0.2) is 0 Å². The van der Waals surface area contributed by atoms with Gasteiger partial charge in [0.25, 0.3) is 0 Å². The van der Waals surface area contributed by atoms with Gasteiger partial charge in [-0.3, -0.25) is 0 Å². The van der Waals surface area contributed by atoms with Crippen molar-refractivity contribution in [1.29, 1.82) is 0 Å². The zero-order chi connectivity index (χ0) is 12.7. The molecule has 4 heteroatoms. The zero-order valence-corrected chi connectivity index (χ0v) is 9.79. The number of ether oxygens (including phenoxy) is 1. The summed E-state index contributed by atoms with van der Waals surface area (Å²) < 4.78 is 31.3. The lowest BCUT2D eigenvalue weighted by molar-refractivity contribution is -0.162. The second-order valence-corrected chi connectivity index (χ2v) is 3.86. The molecule has 0 heterocycles. The van der Waals surface area contributed by atoms with Crippen LogP contribution in [-0.2, 0) is 4.79 Å². The minimum atomic E-state index is -3.40. The molecule has 0 aliphatic heterocycles. The molecule has 1 rings (SSSR count). The number of esters is 1. The van der Waals surface area contributed by atoms with E-state index in [4.69, 9.17) is 0 Å². The second kappa shape index (κ2) is 6.33. The number of halogens is 2. The van der Waals surface area contributed by atoms with Gasteiger partial charge in [-0.2, -0.15) is 8.78 Å². The van der Waals surface area contributed by atoms with Crippen molar-refractivity contribution in [1.82, 2.24) is 0 Å². The first-order chi connectivity index (χ1) is 8.06. The average Bonchev–Trinajstić information content (AvgIpc) is 2.30. The number of hydrogen-bond donors (Lipinski definition) is 0. The topological polar surface area (TPSA) is 26.3 Å². The van der Waals surface area contributed by atoms with Crippen LogP contribution in [0.2, 0.25) is 0 Å². The Morgan fingerprint density at radius 2 is 1.88 bits per heavy atom. The molecule has 0 unspecified atom stereocenters. The summed E-state index contributed by atoms with van der Waals surface area (Å²) in [5.41, 5.74) is 0. The summed E-state index contributed by atoms with van der Waals surface area (Å²) in [5, 5.41) is 0. The third kappa shape index (κ3) is 4.51. The molecular formula is C13H16F2O2. The Morgan fingerprint density at radius 3 is 2.47 bits per heavy atom. The zero-order valence-electron chi connectivity index (χ0n) is 9.79. The number of carbonyl (C=O) groups excluding carboxylic acids is 1. The molecule has 0 spiro atoms. The normalized spacial score (nSPS) is 11.2. The molecule has 1 aromatic rings. The first-order valence-corrected chi connectivity index (χ1v) is 5.71. The fraction of sp³-hybridized carbons (Fsp3) is 0.462. The van der Waals surface area contributed by atoms with E-state index in [2.05, 4.69) is 4.74 Å². The summed E-state index contributed by atoms with van der Waals surface area (Å²) in [7, 11) is 0. The molecule has 1 aromatic carbocycles. The number of benzene rings is 1. The van der Waals surface area contributed by atoms with E-state index < -0.39 is 18.3 Å². The minimum Gasteiger partial charge on any atom is -0.422 e. The molecule has 0 fully saturated rings. The fourth-order valence-corrected chi connectivity index (χ4v) is 1.37. The van der Waals surface area contributed by atoms with Gasteiger partial charge < -0.3 is 4.74 Å². The molecule has 0 N–H and O–H groups in total. The summed E-state index contributed by atoms with van der Waals surface area (Å²) in [6.45, 7) is 1.92. The molecule has 0 aliphatic rings. The summed E-state index contributed by atoms with van der Waals surface area (Å²) >= 11 is 0. The van der Waals surface area contributed by atoms with Crippen molar-refractivity contribution in [2.24, 2.45) is 0 Å². The molecule has 0 aliphatic carbocycles. The van der Waals surface area contributed by atoms with E-state index in [9.17, 15) is 13.6 Å². The Morgan fingerprint density at radius 1 is 1.24 bits per heavy atom. The highest BCUT2D eigenvalue weighted by Crippen LogP contribution is 2.24. The van der Waals surface area contributed by atoms with Crippen molar-refractivity contribution in [3.63, 3.8) is 0 Å². The summed E-state index contributed by atoms with van der Waals surface area (Å²) in [6.07, 6.45) is 1.40. The smallest absolute Gasteiger partial charge is 0.382 e. The summed E-state index contributed by atoms with van der Waals surface area (Å²) in [4.78, 5) is 11.3. The van der Waals surface area contributed by atoms with Crippen LogP contribution in [0.25, 0.3) is 0 Å². The molecule has 0 saturated carbocycles. The van der Waals surface area contributed by atoms with Crippen LogP contribution in [0.1, 0.15) is 32.6 Å². The molecule has 0 saturated heterocycles. The maximum absolute atomic E-state index is 13.4. The number of unbranched alkanes of at least 4 members (excludes halogenated alkanes) is 2. The molecule has 17 heavy (non-hydrogen) atoms. The van der Waals surface area contributed by atoms with Gasteiger partial charge in [-0.1, -0.05) is 38.0 Å². The van der Waals surface area contributed by atoms with Gasteiger partial charge in [0.05, 0.1) is 0 Å². The molecule has 0 amide bonds. The van der Waals surface area contributed by atoms with Crippen LogP contribution in [-0.4, -0.2) is 11.9 Å². The van der Waals surface area contributed by atoms with Gasteiger partial charge in [-0.05, 0) is 18.6 Å². The highest BCUT2D eigenvalue weighted by Gasteiger charge is 2.40. The van der Waals surface area contributed by atoms with E-state index in [0.717, 1.165) is 6.42 Å². The van der Waals surface area contributed by atoms with Gasteiger partial charge in [0, 0.05) is 6.42 Å². The van der Waals surface area contributed by atoms with Crippen molar-refractivity contribution in [2.45, 2.75) is 38.5 Å². The lowest BCUT2D eigenvalue weighted by atomic mass is 10.1. The maximum Gasteiger partial charge on any atom is 0.382 e. The van der Waals surface area contributed by atoms with E-state index in [-0.39, 0.29) is 5.75 Å². The maximum atomic E-state index is 13.4. The first kappa shape index (κ1) is 13.6. The Bertz CT molecular complexity index is 350. The van der Waals surface area contributed by atoms with Crippen molar-refractivity contribution >= 4 is 5.97 Å². The second-order valence-electron chi connectivity index (χ2n) is 3.86. The quantitative estimate of drug-likeness (QED) is 0.431. The van der Waals surface area contributed by atoms with Gasteiger partial charge in [0.1, 0.15) is 5.75 Å². The third-order valence-electron chi connectivity index (χ3n) is 2.35. The number of hydrogen-bond acceptors (Lipinski definition) is 2. The predicted molar refractivity (Wildman–Crippen MR) is 61.2 cm³/mol. The average molecular weight is 242 g/mol. The number of carbonyl (C=O) groups is 1. The van der Waals surface area contributed by atoms with E-state index in [1.54, 1.807) is 18.2 Å². The molecule has 0 aromatic heterocycles. The fourth-order valence-electron chi connectivity index (χ4n) is 1.37. The van der Waals surface area contributed by atoms with E-state index >= 15 is 0 Å². The molecular weight excluding hydrogens is 226 g/mol. The predicted octanol–water partition coefficient (Wildman–Crippen LogP) is 3.81. The molecule has 94 valence electrons. The van der Waals surface area contributed by atoms with Gasteiger partial charge in [-0.25, -0.2) is 4.79 Å². The Kier molecular flexibility index (Phi) is 5.07. The molecule has 0 atom stereocenters. The monoisotopic (exact) mass is 242 g/mol. The van der Waals surface area contributed by atoms with Crippen LogP contribution in [0, 0.1) is 0 Å². The first-order valence-electron chi connectivity index (χ1n) is 5.71. The standard InChI is InChI=1S/C13H16F2O2/c1-2-3-7-10-13(14,15)12(16)17-11-8-5-4-6-9-11/h4-6,8-9H,2-3,7,10H2,1H3. The molecule has 2 nitrogen and oxygen atoms in total. The number of para-hydroxylation sites is 1. The SMILES string of the molecule is CCCCCC(F)(F)C(=O)Oc1ccccc1. The largest absolute Gasteiger partial charge is 0.422 e. The summed E-state index contributed by atoms with van der Waals surface area (Å²) in [5.74, 6) is -4.72. The van der Waals surface area contributed by atoms with Crippen molar-refractivity contribution < 1.29 is 18.3 Å². The Hall–Kier alpha value is -1.45. The van der Waals surface area contributed by atoms with Crippen molar-refractivity contribution in [3.8, 4) is 5.75 Å². The third-order valence-corrected chi connectivity index (χ3v) is 2.35. The Labute approximate surface area is 99.6 Å². The number of alkyl halides is 2. The van der Waals surface area contributed by atoms with Crippen LogP contribution in [0.15, 0.2) is 30.3 Å². The molecule has 0 bridgehead atoms. The Balaban J connectivity index is 2.51. The van der Waals surface area contributed by atoms with Crippen molar-refractivity contribution in [3.05, 3.63) is 30.3 Å². The van der Waals surface area contributed by atoms with Crippen LogP contribution in [0.4, 0.5) is 8.78 Å². The van der Waals surface area contributed by atoms with Crippen LogP contribution < -0.4 is 4.74 Å². The van der Waals surface area contributed by atoms with Crippen LogP contribution >= 0.6 is 0 Å². The minimum absolute atomic E-state index is 0.146. The summed E-state index contributed by atoms with van der Waals surface area (Å²) in [6, 6.07) is 7.91. The highest BCUT2D eigenvalue weighted by molar-refractivity contribution is 5.79. The highest BCUT2D eigenvalue weighted by atomic mass is 19.3. The van der Waals surface area contributed by atoms with Gasteiger partial charge in [-0.15, -0.1) is 0 Å². The van der Waals surface area contributed by atoms with Crippen LogP contribution in [0.3, 0.4) is 0 Å². The van der Waals surface area contributed by atoms with Gasteiger partial charge >= 0.3 is 11.9 Å². The van der Waals surface area contributed by atoms with E-state index in [0.29, 0.717) is 12.8 Å². The lowest BCUT2D eigenvalue weighted by Gasteiger charge is -2.14.